The van der Waals surface area contributed by atoms with E-state index >= 15 is 0 Å². The molecule has 0 heterocycles. The van der Waals surface area contributed by atoms with Crippen molar-refractivity contribution in [1.82, 2.24) is 5.32 Å². The van der Waals surface area contributed by atoms with Crippen molar-refractivity contribution in [2.75, 3.05) is 6.61 Å². The van der Waals surface area contributed by atoms with E-state index in [0.717, 1.165) is 6.42 Å². The Morgan fingerprint density at radius 1 is 1.59 bits per heavy atom. The number of primary amides is 1. The molecule has 4 nitrogen and oxygen atoms in total. The first-order chi connectivity index (χ1) is 8.08. The van der Waals surface area contributed by atoms with Crippen LogP contribution in [0.15, 0.2) is 18.2 Å². The fourth-order valence-corrected chi connectivity index (χ4v) is 1.46. The molecular weight excluding hydrogens is 223 g/mol. The van der Waals surface area contributed by atoms with E-state index in [2.05, 4.69) is 5.32 Å². The van der Waals surface area contributed by atoms with Gasteiger partial charge >= 0.3 is 0 Å². The number of rotatable bonds is 6. The van der Waals surface area contributed by atoms with Gasteiger partial charge in [0.25, 0.3) is 0 Å². The van der Waals surface area contributed by atoms with E-state index in [1.54, 1.807) is 0 Å². The predicted octanol–water partition coefficient (Wildman–Crippen LogP) is 0.785. The Kier molecular flexibility index (Phi) is 5.06. The highest BCUT2D eigenvalue weighted by atomic mass is 19.1. The summed E-state index contributed by atoms with van der Waals surface area (Å²) in [6, 6.07) is 3.92. The minimum absolute atomic E-state index is 0.00632. The quantitative estimate of drug-likeness (QED) is 0.688. The van der Waals surface area contributed by atoms with Crippen LogP contribution in [-0.2, 0) is 6.54 Å². The van der Waals surface area contributed by atoms with Gasteiger partial charge in [0.05, 0.1) is 6.61 Å². The van der Waals surface area contributed by atoms with Gasteiger partial charge in [0, 0.05) is 23.7 Å². The molecule has 1 atom stereocenters. The molecule has 5 heteroatoms. The molecular formula is C12H17FN2O2. The zero-order chi connectivity index (χ0) is 12.8. The normalized spacial score (nSPS) is 12.4. The average Bonchev–Trinajstić information content (AvgIpc) is 2.32. The monoisotopic (exact) mass is 240 g/mol. The number of carbonyl (C=O) groups excluding carboxylic acids is 1. The third kappa shape index (κ3) is 3.80. The van der Waals surface area contributed by atoms with Crippen molar-refractivity contribution in [3.8, 4) is 0 Å². The number of aliphatic hydroxyl groups excluding tert-OH is 1. The molecule has 1 amide bonds. The van der Waals surface area contributed by atoms with Crippen LogP contribution in [-0.4, -0.2) is 23.7 Å². The fourth-order valence-electron chi connectivity index (χ4n) is 1.46. The molecule has 0 aliphatic carbocycles. The largest absolute Gasteiger partial charge is 0.395 e. The molecule has 17 heavy (non-hydrogen) atoms. The number of carbonyl (C=O) groups is 1. The number of nitrogens with one attached hydrogen (secondary N) is 1. The summed E-state index contributed by atoms with van der Waals surface area (Å²) in [6.45, 7) is 2.17. The fraction of sp³-hybridized carbons (Fsp3) is 0.417. The first-order valence-electron chi connectivity index (χ1n) is 5.51. The lowest BCUT2D eigenvalue weighted by molar-refractivity contribution is 0.1000. The van der Waals surface area contributed by atoms with E-state index in [1.807, 2.05) is 6.92 Å². The van der Waals surface area contributed by atoms with Gasteiger partial charge in [0.1, 0.15) is 5.82 Å². The van der Waals surface area contributed by atoms with Gasteiger partial charge in [-0.1, -0.05) is 6.92 Å². The van der Waals surface area contributed by atoms with Crippen LogP contribution >= 0.6 is 0 Å². The Balaban J connectivity index is 2.75. The molecule has 94 valence electrons. The molecule has 0 spiro atoms. The minimum Gasteiger partial charge on any atom is -0.395 e. The third-order valence-electron chi connectivity index (χ3n) is 2.62. The molecule has 0 aliphatic heterocycles. The molecule has 0 aliphatic rings. The molecule has 1 aromatic rings. The van der Waals surface area contributed by atoms with Gasteiger partial charge in [0.15, 0.2) is 0 Å². The second kappa shape index (κ2) is 6.32. The number of amides is 1. The van der Waals surface area contributed by atoms with Crippen molar-refractivity contribution < 1.29 is 14.3 Å². The molecule has 0 fully saturated rings. The Labute approximate surface area is 99.6 Å². The first-order valence-corrected chi connectivity index (χ1v) is 5.51. The summed E-state index contributed by atoms with van der Waals surface area (Å²) in [6.07, 6.45) is 0.744. The van der Waals surface area contributed by atoms with Gasteiger partial charge in [-0.05, 0) is 24.6 Å². The number of halogens is 1. The Morgan fingerprint density at radius 2 is 2.29 bits per heavy atom. The zero-order valence-corrected chi connectivity index (χ0v) is 9.74. The maximum absolute atomic E-state index is 13.4. The number of hydrogen-bond acceptors (Lipinski definition) is 3. The smallest absolute Gasteiger partial charge is 0.248 e. The second-order valence-corrected chi connectivity index (χ2v) is 3.84. The Morgan fingerprint density at radius 3 is 2.82 bits per heavy atom. The van der Waals surface area contributed by atoms with E-state index in [1.165, 1.54) is 18.2 Å². The highest BCUT2D eigenvalue weighted by molar-refractivity contribution is 5.92. The van der Waals surface area contributed by atoms with E-state index in [0.29, 0.717) is 5.56 Å². The van der Waals surface area contributed by atoms with Gasteiger partial charge < -0.3 is 16.2 Å². The topological polar surface area (TPSA) is 75.3 Å². The van der Waals surface area contributed by atoms with E-state index in [9.17, 15) is 9.18 Å². The van der Waals surface area contributed by atoms with E-state index < -0.39 is 11.7 Å². The summed E-state index contributed by atoms with van der Waals surface area (Å²) in [7, 11) is 0. The highest BCUT2D eigenvalue weighted by Gasteiger charge is 2.09. The molecule has 0 saturated heterocycles. The van der Waals surface area contributed by atoms with Crippen LogP contribution < -0.4 is 11.1 Å². The van der Waals surface area contributed by atoms with Gasteiger partial charge in [-0.3, -0.25) is 4.79 Å². The van der Waals surface area contributed by atoms with Crippen molar-refractivity contribution in [3.05, 3.63) is 35.1 Å². The lowest BCUT2D eigenvalue weighted by Crippen LogP contribution is -2.31. The SMILES string of the molecule is CCC(CO)NCc1cc(C(N)=O)ccc1F. The molecule has 0 saturated carbocycles. The van der Waals surface area contributed by atoms with Crippen LogP contribution in [0.2, 0.25) is 0 Å². The van der Waals surface area contributed by atoms with Crippen LogP contribution in [0.3, 0.4) is 0 Å². The van der Waals surface area contributed by atoms with Crippen LogP contribution in [0.4, 0.5) is 4.39 Å². The van der Waals surface area contributed by atoms with Gasteiger partial charge in [-0.2, -0.15) is 0 Å². The van der Waals surface area contributed by atoms with Crippen molar-refractivity contribution >= 4 is 5.91 Å². The van der Waals surface area contributed by atoms with Gasteiger partial charge in [-0.15, -0.1) is 0 Å². The van der Waals surface area contributed by atoms with Crippen molar-refractivity contribution in [1.29, 1.82) is 0 Å². The molecule has 1 unspecified atom stereocenters. The number of benzene rings is 1. The zero-order valence-electron chi connectivity index (χ0n) is 9.74. The molecule has 0 bridgehead atoms. The van der Waals surface area contributed by atoms with Crippen molar-refractivity contribution in [2.45, 2.75) is 25.9 Å². The number of aliphatic hydroxyl groups is 1. The van der Waals surface area contributed by atoms with Crippen molar-refractivity contribution in [3.63, 3.8) is 0 Å². The summed E-state index contributed by atoms with van der Waals surface area (Å²) >= 11 is 0. The Bertz CT molecular complexity index is 392. The van der Waals surface area contributed by atoms with Crippen LogP contribution in [0.1, 0.15) is 29.3 Å². The van der Waals surface area contributed by atoms with Crippen molar-refractivity contribution in [2.24, 2.45) is 5.73 Å². The summed E-state index contributed by atoms with van der Waals surface area (Å²) in [5.41, 5.74) is 5.77. The maximum atomic E-state index is 13.4. The predicted molar refractivity (Wildman–Crippen MR) is 62.9 cm³/mol. The first kappa shape index (κ1) is 13.6. The van der Waals surface area contributed by atoms with Gasteiger partial charge in [-0.25, -0.2) is 4.39 Å². The van der Waals surface area contributed by atoms with E-state index in [-0.39, 0.29) is 24.8 Å². The lowest BCUT2D eigenvalue weighted by atomic mass is 10.1. The highest BCUT2D eigenvalue weighted by Crippen LogP contribution is 2.10. The summed E-state index contributed by atoms with van der Waals surface area (Å²) in [4.78, 5) is 11.0. The van der Waals surface area contributed by atoms with Crippen LogP contribution in [0, 0.1) is 5.82 Å². The summed E-state index contributed by atoms with van der Waals surface area (Å²) in [5, 5.41) is 12.0. The summed E-state index contributed by atoms with van der Waals surface area (Å²) < 4.78 is 13.4. The average molecular weight is 240 g/mol. The standard InChI is InChI=1S/C12H17FN2O2/c1-2-10(7-16)15-6-9-5-8(12(14)17)3-4-11(9)13/h3-5,10,15-16H,2,6-7H2,1H3,(H2,14,17). The van der Waals surface area contributed by atoms with Crippen LogP contribution in [0.25, 0.3) is 0 Å². The lowest BCUT2D eigenvalue weighted by Gasteiger charge is -2.14. The third-order valence-corrected chi connectivity index (χ3v) is 2.62. The molecule has 1 rings (SSSR count). The van der Waals surface area contributed by atoms with E-state index in [4.69, 9.17) is 10.8 Å². The molecule has 0 radical (unpaired) electrons. The number of nitrogens with two attached hydrogens (primary N) is 1. The molecule has 4 N–H and O–H groups in total. The Hall–Kier alpha value is -1.46. The second-order valence-electron chi connectivity index (χ2n) is 3.84. The number of hydrogen-bond donors (Lipinski definition) is 3. The minimum atomic E-state index is -0.583. The maximum Gasteiger partial charge on any atom is 0.248 e. The molecule has 1 aromatic carbocycles. The van der Waals surface area contributed by atoms with Crippen LogP contribution in [0.5, 0.6) is 0 Å². The molecule has 0 aromatic heterocycles. The summed E-state index contributed by atoms with van der Waals surface area (Å²) in [5.74, 6) is -0.976. The van der Waals surface area contributed by atoms with Gasteiger partial charge in [0.2, 0.25) is 5.91 Å².